The van der Waals surface area contributed by atoms with Gasteiger partial charge in [-0.05, 0) is 25.8 Å². The molecule has 1 aromatic rings. The molecule has 21 heavy (non-hydrogen) atoms. The van der Waals surface area contributed by atoms with Gasteiger partial charge in [0.05, 0.1) is 5.92 Å². The lowest BCUT2D eigenvalue weighted by Crippen LogP contribution is -2.46. The molecule has 3 unspecified atom stereocenters. The van der Waals surface area contributed by atoms with Crippen molar-refractivity contribution in [1.29, 1.82) is 0 Å². The predicted octanol–water partition coefficient (Wildman–Crippen LogP) is 4.30. The largest absolute Gasteiger partial charge is 0.508 e. The highest BCUT2D eigenvalue weighted by molar-refractivity contribution is 5.35. The Balaban J connectivity index is 2.11. The van der Waals surface area contributed by atoms with Crippen molar-refractivity contribution in [3.05, 3.63) is 29.6 Å². The number of alkyl halides is 3. The minimum absolute atomic E-state index is 0.128. The molecule has 118 valence electrons. The van der Waals surface area contributed by atoms with Crippen LogP contribution in [-0.2, 0) is 0 Å². The van der Waals surface area contributed by atoms with Crippen LogP contribution in [-0.4, -0.2) is 17.3 Å². The summed E-state index contributed by atoms with van der Waals surface area (Å²) in [6, 6.07) is 2.41. The lowest BCUT2D eigenvalue weighted by Gasteiger charge is -2.35. The van der Waals surface area contributed by atoms with Crippen LogP contribution < -0.4 is 5.32 Å². The maximum atomic E-state index is 13.0. The summed E-state index contributed by atoms with van der Waals surface area (Å²) in [5.41, 5.74) is 0.405. The van der Waals surface area contributed by atoms with Gasteiger partial charge in [0.15, 0.2) is 0 Å². The molecular weight excluding hydrogens is 286 g/mol. The summed E-state index contributed by atoms with van der Waals surface area (Å²) < 4.78 is 52.1. The van der Waals surface area contributed by atoms with Crippen LogP contribution >= 0.6 is 0 Å². The van der Waals surface area contributed by atoms with Gasteiger partial charge in [0, 0.05) is 23.7 Å². The van der Waals surface area contributed by atoms with Crippen molar-refractivity contribution in [2.75, 3.05) is 0 Å². The molecule has 0 heterocycles. The lowest BCUT2D eigenvalue weighted by molar-refractivity contribution is -0.189. The van der Waals surface area contributed by atoms with Crippen molar-refractivity contribution in [2.24, 2.45) is 5.92 Å². The number of phenolic OH excluding ortho intramolecular Hbond substituents is 1. The Morgan fingerprint density at radius 2 is 1.90 bits per heavy atom. The number of hydrogen-bond donors (Lipinski definition) is 2. The highest BCUT2D eigenvalue weighted by Gasteiger charge is 2.45. The minimum Gasteiger partial charge on any atom is -0.508 e. The van der Waals surface area contributed by atoms with Crippen LogP contribution in [0.2, 0.25) is 0 Å². The van der Waals surface area contributed by atoms with Crippen LogP contribution in [0.25, 0.3) is 0 Å². The molecule has 2 N–H and O–H groups in total. The molecule has 1 aliphatic rings. The van der Waals surface area contributed by atoms with E-state index in [1.165, 1.54) is 12.1 Å². The number of halogens is 4. The van der Waals surface area contributed by atoms with Crippen LogP contribution in [0.1, 0.15) is 44.2 Å². The third kappa shape index (κ3) is 3.87. The van der Waals surface area contributed by atoms with E-state index in [2.05, 4.69) is 5.32 Å². The number of hydrogen-bond acceptors (Lipinski definition) is 2. The number of aromatic hydroxyl groups is 1. The Bertz CT molecular complexity index is 489. The molecule has 0 amide bonds. The Morgan fingerprint density at radius 1 is 1.24 bits per heavy atom. The van der Waals surface area contributed by atoms with Crippen molar-refractivity contribution in [2.45, 2.75) is 50.9 Å². The van der Waals surface area contributed by atoms with E-state index >= 15 is 0 Å². The van der Waals surface area contributed by atoms with Gasteiger partial charge in [0.25, 0.3) is 0 Å². The third-order valence-electron chi connectivity index (χ3n) is 4.11. The van der Waals surface area contributed by atoms with Gasteiger partial charge in [-0.25, -0.2) is 4.39 Å². The fraction of sp³-hybridized carbons (Fsp3) is 0.600. The number of rotatable bonds is 3. The van der Waals surface area contributed by atoms with Gasteiger partial charge in [-0.1, -0.05) is 18.9 Å². The molecular formula is C15H19F4NO. The summed E-state index contributed by atoms with van der Waals surface area (Å²) in [7, 11) is 0. The smallest absolute Gasteiger partial charge is 0.393 e. The van der Waals surface area contributed by atoms with Gasteiger partial charge in [-0.15, -0.1) is 0 Å². The van der Waals surface area contributed by atoms with E-state index in [-0.39, 0.29) is 12.2 Å². The van der Waals surface area contributed by atoms with Crippen molar-refractivity contribution in [3.63, 3.8) is 0 Å². The second kappa shape index (κ2) is 6.22. The maximum absolute atomic E-state index is 13.0. The molecule has 0 radical (unpaired) electrons. The number of nitrogens with one attached hydrogen (secondary N) is 1. The Hall–Kier alpha value is -1.30. The van der Waals surface area contributed by atoms with Crippen LogP contribution in [0, 0.1) is 11.7 Å². The van der Waals surface area contributed by atoms with E-state index in [9.17, 15) is 22.7 Å². The lowest BCUT2D eigenvalue weighted by atomic mass is 9.83. The van der Waals surface area contributed by atoms with Crippen LogP contribution in [0.4, 0.5) is 17.6 Å². The van der Waals surface area contributed by atoms with E-state index in [1.807, 2.05) is 0 Å². The van der Waals surface area contributed by atoms with Gasteiger partial charge in [-0.2, -0.15) is 13.2 Å². The summed E-state index contributed by atoms with van der Waals surface area (Å²) in [6.45, 7) is 1.68. The molecule has 0 saturated heterocycles. The molecule has 1 fully saturated rings. The zero-order chi connectivity index (χ0) is 15.6. The van der Waals surface area contributed by atoms with E-state index in [1.54, 1.807) is 6.92 Å². The molecule has 1 aliphatic carbocycles. The summed E-state index contributed by atoms with van der Waals surface area (Å²) in [6.07, 6.45) is -2.30. The second-order valence-electron chi connectivity index (χ2n) is 5.63. The first kappa shape index (κ1) is 16.1. The first-order valence-corrected chi connectivity index (χ1v) is 7.10. The number of phenols is 1. The Morgan fingerprint density at radius 3 is 2.52 bits per heavy atom. The van der Waals surface area contributed by atoms with Crippen molar-refractivity contribution in [3.8, 4) is 5.75 Å². The molecule has 0 spiro atoms. The Kier molecular flexibility index (Phi) is 4.76. The summed E-state index contributed by atoms with van der Waals surface area (Å²) >= 11 is 0. The van der Waals surface area contributed by atoms with Gasteiger partial charge in [-0.3, -0.25) is 0 Å². The molecule has 0 aliphatic heterocycles. The first-order chi connectivity index (χ1) is 9.79. The average Bonchev–Trinajstić information content (AvgIpc) is 2.37. The molecule has 1 saturated carbocycles. The highest BCUT2D eigenvalue weighted by atomic mass is 19.4. The molecule has 0 bridgehead atoms. The van der Waals surface area contributed by atoms with Crippen molar-refractivity contribution in [1.82, 2.24) is 5.32 Å². The van der Waals surface area contributed by atoms with Crippen LogP contribution in [0.5, 0.6) is 5.75 Å². The summed E-state index contributed by atoms with van der Waals surface area (Å²) in [4.78, 5) is 0. The Labute approximate surface area is 121 Å². The summed E-state index contributed by atoms with van der Waals surface area (Å²) in [5.74, 6) is -2.18. The third-order valence-corrected chi connectivity index (χ3v) is 4.11. The molecule has 2 nitrogen and oxygen atoms in total. The first-order valence-electron chi connectivity index (χ1n) is 7.10. The topological polar surface area (TPSA) is 32.3 Å². The molecule has 3 atom stereocenters. The highest BCUT2D eigenvalue weighted by Crippen LogP contribution is 2.39. The SMILES string of the molecule is CC(NC1CCCCC1C(F)(F)F)c1ccc(F)cc1O. The minimum atomic E-state index is -4.22. The number of benzene rings is 1. The van der Waals surface area contributed by atoms with Crippen molar-refractivity contribution < 1.29 is 22.7 Å². The van der Waals surface area contributed by atoms with Gasteiger partial charge < -0.3 is 10.4 Å². The van der Waals surface area contributed by atoms with E-state index in [4.69, 9.17) is 0 Å². The predicted molar refractivity (Wildman–Crippen MR) is 71.4 cm³/mol. The standard InChI is InChI=1S/C15H19F4NO/c1-9(11-7-6-10(16)8-14(11)21)20-13-5-3-2-4-12(13)15(17,18)19/h6-9,12-13,20-21H,2-5H2,1H3. The van der Waals surface area contributed by atoms with E-state index < -0.39 is 30.0 Å². The monoisotopic (exact) mass is 305 g/mol. The van der Waals surface area contributed by atoms with Crippen LogP contribution in [0.15, 0.2) is 18.2 Å². The van der Waals surface area contributed by atoms with Gasteiger partial charge in [0.1, 0.15) is 11.6 Å². The van der Waals surface area contributed by atoms with Gasteiger partial charge >= 0.3 is 6.18 Å². The molecule has 1 aromatic carbocycles. The van der Waals surface area contributed by atoms with Gasteiger partial charge in [0.2, 0.25) is 0 Å². The molecule has 2 rings (SSSR count). The summed E-state index contributed by atoms with van der Waals surface area (Å²) in [5, 5.41) is 12.7. The zero-order valence-corrected chi connectivity index (χ0v) is 11.8. The van der Waals surface area contributed by atoms with E-state index in [0.29, 0.717) is 18.4 Å². The fourth-order valence-electron chi connectivity index (χ4n) is 3.02. The van der Waals surface area contributed by atoms with E-state index in [0.717, 1.165) is 12.5 Å². The average molecular weight is 305 g/mol. The maximum Gasteiger partial charge on any atom is 0.393 e. The quantitative estimate of drug-likeness (QED) is 0.816. The fourth-order valence-corrected chi connectivity index (χ4v) is 3.02. The normalized spacial score (nSPS) is 24.8. The second-order valence-corrected chi connectivity index (χ2v) is 5.63. The van der Waals surface area contributed by atoms with Crippen molar-refractivity contribution >= 4 is 0 Å². The molecule has 6 heteroatoms. The van der Waals surface area contributed by atoms with Crippen LogP contribution in [0.3, 0.4) is 0 Å². The molecule has 0 aromatic heterocycles. The zero-order valence-electron chi connectivity index (χ0n) is 11.8.